The lowest BCUT2D eigenvalue weighted by atomic mass is 10.1. The standard InChI is InChI=1S/C10H18N2O4S/c13-11-9-1-5-12(6-2-9)17(14,15)10-3-7-16-8-4-10/h10,13H,1-8H2. The summed E-state index contributed by atoms with van der Waals surface area (Å²) in [4.78, 5) is 0. The van der Waals surface area contributed by atoms with Crippen molar-refractivity contribution in [2.24, 2.45) is 5.16 Å². The Bertz CT molecular complexity index is 377. The molecule has 17 heavy (non-hydrogen) atoms. The minimum atomic E-state index is -3.20. The van der Waals surface area contributed by atoms with Gasteiger partial charge in [-0.25, -0.2) is 12.7 Å². The lowest BCUT2D eigenvalue weighted by molar-refractivity contribution is 0.0972. The van der Waals surface area contributed by atoms with Crippen molar-refractivity contribution in [3.63, 3.8) is 0 Å². The Morgan fingerprint density at radius 2 is 1.82 bits per heavy atom. The van der Waals surface area contributed by atoms with Gasteiger partial charge < -0.3 is 9.94 Å². The highest BCUT2D eigenvalue weighted by molar-refractivity contribution is 7.89. The van der Waals surface area contributed by atoms with Gasteiger partial charge in [-0.15, -0.1) is 0 Å². The normalized spacial score (nSPS) is 24.8. The molecular formula is C10H18N2O4S. The van der Waals surface area contributed by atoms with Crippen LogP contribution in [0.25, 0.3) is 0 Å². The smallest absolute Gasteiger partial charge is 0.217 e. The van der Waals surface area contributed by atoms with Crippen LogP contribution >= 0.6 is 0 Å². The molecule has 0 aromatic rings. The number of piperidine rings is 1. The van der Waals surface area contributed by atoms with E-state index in [1.807, 2.05) is 0 Å². The highest BCUT2D eigenvalue weighted by Gasteiger charge is 2.34. The van der Waals surface area contributed by atoms with E-state index < -0.39 is 10.0 Å². The Hall–Kier alpha value is -0.660. The van der Waals surface area contributed by atoms with Gasteiger partial charge in [0.05, 0.1) is 11.0 Å². The molecule has 0 aromatic heterocycles. The third-order valence-electron chi connectivity index (χ3n) is 3.39. The van der Waals surface area contributed by atoms with E-state index in [2.05, 4.69) is 5.16 Å². The Labute approximate surface area is 101 Å². The van der Waals surface area contributed by atoms with Crippen molar-refractivity contribution in [2.45, 2.75) is 30.9 Å². The molecule has 0 bridgehead atoms. The van der Waals surface area contributed by atoms with Gasteiger partial charge in [-0.3, -0.25) is 0 Å². The Morgan fingerprint density at radius 3 is 2.35 bits per heavy atom. The van der Waals surface area contributed by atoms with Crippen molar-refractivity contribution in [3.05, 3.63) is 0 Å². The zero-order valence-electron chi connectivity index (χ0n) is 9.71. The van der Waals surface area contributed by atoms with Crippen LogP contribution in [0.5, 0.6) is 0 Å². The highest BCUT2D eigenvalue weighted by atomic mass is 32.2. The topological polar surface area (TPSA) is 79.2 Å². The summed E-state index contributed by atoms with van der Waals surface area (Å²) in [5, 5.41) is 11.5. The molecule has 98 valence electrons. The molecule has 6 nitrogen and oxygen atoms in total. The summed E-state index contributed by atoms with van der Waals surface area (Å²) in [7, 11) is -3.20. The maximum Gasteiger partial charge on any atom is 0.217 e. The molecule has 2 aliphatic heterocycles. The molecule has 1 N–H and O–H groups in total. The maximum absolute atomic E-state index is 12.3. The average molecular weight is 262 g/mol. The van der Waals surface area contributed by atoms with Crippen LogP contribution in [0.4, 0.5) is 0 Å². The first-order valence-electron chi connectivity index (χ1n) is 5.91. The maximum atomic E-state index is 12.3. The summed E-state index contributed by atoms with van der Waals surface area (Å²) in [5.74, 6) is 0. The summed E-state index contributed by atoms with van der Waals surface area (Å²) in [5.41, 5.74) is 0.684. The third kappa shape index (κ3) is 2.78. The summed E-state index contributed by atoms with van der Waals surface area (Å²) in [6.07, 6.45) is 2.22. The fraction of sp³-hybridized carbons (Fsp3) is 0.900. The van der Waals surface area contributed by atoms with E-state index in [1.165, 1.54) is 4.31 Å². The summed E-state index contributed by atoms with van der Waals surface area (Å²) < 4.78 is 31.3. The van der Waals surface area contributed by atoms with E-state index >= 15 is 0 Å². The first-order valence-corrected chi connectivity index (χ1v) is 7.41. The monoisotopic (exact) mass is 262 g/mol. The van der Waals surface area contributed by atoms with E-state index in [0.29, 0.717) is 57.7 Å². The fourth-order valence-electron chi connectivity index (χ4n) is 2.28. The molecule has 0 aliphatic carbocycles. The van der Waals surface area contributed by atoms with Gasteiger partial charge in [0, 0.05) is 39.1 Å². The Morgan fingerprint density at radius 1 is 1.24 bits per heavy atom. The molecule has 0 amide bonds. The van der Waals surface area contributed by atoms with Crippen molar-refractivity contribution in [1.29, 1.82) is 0 Å². The molecule has 0 saturated carbocycles. The molecule has 0 radical (unpaired) electrons. The molecule has 0 aromatic carbocycles. The number of sulfonamides is 1. The van der Waals surface area contributed by atoms with E-state index in [1.54, 1.807) is 0 Å². The van der Waals surface area contributed by atoms with Crippen LogP contribution in [0, 0.1) is 0 Å². The molecule has 7 heteroatoms. The second-order valence-electron chi connectivity index (χ2n) is 4.42. The van der Waals surface area contributed by atoms with E-state index in [-0.39, 0.29) is 5.25 Å². The van der Waals surface area contributed by atoms with Crippen molar-refractivity contribution in [1.82, 2.24) is 4.31 Å². The zero-order chi connectivity index (χ0) is 12.3. The zero-order valence-corrected chi connectivity index (χ0v) is 10.5. The van der Waals surface area contributed by atoms with Crippen LogP contribution in [0.1, 0.15) is 25.7 Å². The minimum absolute atomic E-state index is 0.302. The van der Waals surface area contributed by atoms with E-state index in [4.69, 9.17) is 9.94 Å². The minimum Gasteiger partial charge on any atom is -0.411 e. The van der Waals surface area contributed by atoms with Crippen molar-refractivity contribution in [2.75, 3.05) is 26.3 Å². The van der Waals surface area contributed by atoms with Crippen LogP contribution in [-0.2, 0) is 14.8 Å². The van der Waals surface area contributed by atoms with Gasteiger partial charge in [0.1, 0.15) is 0 Å². The van der Waals surface area contributed by atoms with Crippen LogP contribution in [0.3, 0.4) is 0 Å². The quantitative estimate of drug-likeness (QED) is 0.578. The van der Waals surface area contributed by atoms with Crippen LogP contribution in [0.15, 0.2) is 5.16 Å². The predicted molar refractivity (Wildman–Crippen MR) is 62.8 cm³/mol. The first-order chi connectivity index (χ1) is 8.14. The molecule has 2 fully saturated rings. The lowest BCUT2D eigenvalue weighted by Crippen LogP contribution is -2.45. The van der Waals surface area contributed by atoms with Crippen LogP contribution < -0.4 is 0 Å². The fourth-order valence-corrected chi connectivity index (χ4v) is 4.18. The molecular weight excluding hydrogens is 244 g/mol. The SMILES string of the molecule is O=S(=O)(C1CCOCC1)N1CCC(=NO)CC1. The molecule has 2 heterocycles. The van der Waals surface area contributed by atoms with Crippen molar-refractivity contribution >= 4 is 15.7 Å². The number of oxime groups is 1. The van der Waals surface area contributed by atoms with Crippen molar-refractivity contribution < 1.29 is 18.4 Å². The van der Waals surface area contributed by atoms with Crippen LogP contribution in [0.2, 0.25) is 0 Å². The van der Waals surface area contributed by atoms with Gasteiger partial charge in [0.2, 0.25) is 10.0 Å². The molecule has 2 saturated heterocycles. The average Bonchev–Trinajstić information content (AvgIpc) is 2.40. The van der Waals surface area contributed by atoms with Gasteiger partial charge >= 0.3 is 0 Å². The number of rotatable bonds is 2. The number of hydrogen-bond donors (Lipinski definition) is 1. The van der Waals surface area contributed by atoms with Gasteiger partial charge in [-0.05, 0) is 12.8 Å². The summed E-state index contributed by atoms with van der Waals surface area (Å²) in [6.45, 7) is 1.92. The van der Waals surface area contributed by atoms with Crippen molar-refractivity contribution in [3.8, 4) is 0 Å². The van der Waals surface area contributed by atoms with Crippen LogP contribution in [-0.4, -0.2) is 55.2 Å². The van der Waals surface area contributed by atoms with E-state index in [0.717, 1.165) is 0 Å². The molecule has 0 unspecified atom stereocenters. The Kier molecular flexibility index (Phi) is 4.01. The van der Waals surface area contributed by atoms with Gasteiger partial charge in [0.25, 0.3) is 0 Å². The lowest BCUT2D eigenvalue weighted by Gasteiger charge is -2.32. The molecule has 2 rings (SSSR count). The van der Waals surface area contributed by atoms with Gasteiger partial charge in [-0.2, -0.15) is 0 Å². The van der Waals surface area contributed by atoms with E-state index in [9.17, 15) is 8.42 Å². The first kappa shape index (κ1) is 12.8. The molecule has 2 aliphatic rings. The highest BCUT2D eigenvalue weighted by Crippen LogP contribution is 2.22. The third-order valence-corrected chi connectivity index (χ3v) is 5.79. The predicted octanol–water partition coefficient (Wildman–Crippen LogP) is 0.421. The largest absolute Gasteiger partial charge is 0.411 e. The number of hydrogen-bond acceptors (Lipinski definition) is 5. The number of ether oxygens (including phenoxy) is 1. The summed E-state index contributed by atoms with van der Waals surface area (Å²) >= 11 is 0. The summed E-state index contributed by atoms with van der Waals surface area (Å²) in [6, 6.07) is 0. The Balaban J connectivity index is 2.01. The van der Waals surface area contributed by atoms with Gasteiger partial charge in [0.15, 0.2) is 0 Å². The second-order valence-corrected chi connectivity index (χ2v) is 6.63. The molecule has 0 atom stereocenters. The molecule has 0 spiro atoms. The second kappa shape index (κ2) is 5.32. The van der Waals surface area contributed by atoms with Gasteiger partial charge in [-0.1, -0.05) is 5.16 Å². The number of nitrogens with zero attached hydrogens (tertiary/aromatic N) is 2.